The number of carbonyl (C=O) groups excluding carboxylic acids is 2. The Labute approximate surface area is 223 Å². The minimum Gasteiger partial charge on any atom is -0.394 e. The number of hydrogen-bond donors (Lipinski definition) is 10. The molecule has 3 heterocycles. The number of amides is 2. The van der Waals surface area contributed by atoms with Gasteiger partial charge < -0.3 is 75.2 Å². The average Bonchev–Trinajstić information content (AvgIpc) is 2.88. The zero-order valence-electron chi connectivity index (χ0n) is 21.5. The van der Waals surface area contributed by atoms with Gasteiger partial charge in [-0.3, -0.25) is 9.59 Å². The SMILES string of the molecule is CC(=O)N[C@@H]1[C@@H](O[C@@H]2O[C@@H](C)[C@@H](O)[C@@H](O)[C@@H]2O)[C@H](O[C@@H]2O[C@H](CO)[C@@H](O)[C@H](O)[C@H]2NC(C)=O)[C@@H](CO)O[C@@H]1O. The summed E-state index contributed by atoms with van der Waals surface area (Å²) in [6.45, 7) is 2.13. The lowest BCUT2D eigenvalue weighted by Gasteiger charge is -2.50. The number of ether oxygens (including phenoxy) is 5. The van der Waals surface area contributed by atoms with Crippen LogP contribution in [0, 0.1) is 0 Å². The minimum atomic E-state index is -1.80. The van der Waals surface area contributed by atoms with E-state index in [0.29, 0.717) is 0 Å². The van der Waals surface area contributed by atoms with Crippen molar-refractivity contribution < 1.29 is 74.1 Å². The van der Waals surface area contributed by atoms with E-state index in [-0.39, 0.29) is 0 Å². The molecular formula is C22H38N2O15. The molecule has 0 unspecified atom stereocenters. The number of nitrogens with one attached hydrogen (secondary N) is 2. The molecule has 15 atom stereocenters. The maximum Gasteiger partial charge on any atom is 0.217 e. The van der Waals surface area contributed by atoms with Gasteiger partial charge in [0.15, 0.2) is 18.9 Å². The maximum absolute atomic E-state index is 12.0. The van der Waals surface area contributed by atoms with Crippen molar-refractivity contribution >= 4 is 11.8 Å². The van der Waals surface area contributed by atoms with Crippen LogP contribution in [-0.2, 0) is 33.3 Å². The lowest BCUT2D eigenvalue weighted by molar-refractivity contribution is -0.362. The van der Waals surface area contributed by atoms with E-state index >= 15 is 0 Å². The van der Waals surface area contributed by atoms with Crippen LogP contribution in [0.4, 0.5) is 0 Å². The molecule has 0 aromatic heterocycles. The summed E-state index contributed by atoms with van der Waals surface area (Å²) in [6, 6.07) is -2.82. The molecule has 39 heavy (non-hydrogen) atoms. The third-order valence-corrected chi connectivity index (χ3v) is 6.86. The van der Waals surface area contributed by atoms with Crippen LogP contribution >= 0.6 is 0 Å². The highest BCUT2D eigenvalue weighted by Crippen LogP contribution is 2.33. The summed E-state index contributed by atoms with van der Waals surface area (Å²) in [4.78, 5) is 23.8. The van der Waals surface area contributed by atoms with Crippen molar-refractivity contribution in [3.63, 3.8) is 0 Å². The minimum absolute atomic E-state index is 0.635. The fraction of sp³-hybridized carbons (Fsp3) is 0.909. The van der Waals surface area contributed by atoms with Crippen molar-refractivity contribution in [2.75, 3.05) is 13.2 Å². The van der Waals surface area contributed by atoms with Crippen LogP contribution in [0.2, 0.25) is 0 Å². The smallest absolute Gasteiger partial charge is 0.217 e. The molecule has 3 saturated heterocycles. The standard InChI is InChI=1S/C22H38N2O15/c1-6-13(29)16(32)17(33)22(35-6)39-19-12(24-8(3)28)20(34)36-10(5-26)18(19)38-21-11(23-7(2)27)15(31)14(30)9(4-25)37-21/h6,9-22,25-26,29-34H,4-5H2,1-3H3,(H,23,27)(H,24,28)/t6-,9+,10+,11+,12+,13+,14+,15+,16+,17-,18+,19+,20-,21-,22-/m0/s1. The van der Waals surface area contributed by atoms with Gasteiger partial charge in [0.1, 0.15) is 67.0 Å². The Hall–Kier alpha value is -1.58. The second kappa shape index (κ2) is 13.4. The third kappa shape index (κ3) is 7.02. The summed E-state index contributed by atoms with van der Waals surface area (Å²) < 4.78 is 28.4. The summed E-state index contributed by atoms with van der Waals surface area (Å²) in [5.74, 6) is -1.28. The van der Waals surface area contributed by atoms with E-state index in [9.17, 15) is 50.4 Å². The molecule has 0 radical (unpaired) electrons. The number of carbonyl (C=O) groups is 2. The molecule has 3 fully saturated rings. The zero-order valence-corrected chi connectivity index (χ0v) is 21.5. The Kier molecular flexibility index (Phi) is 11.0. The Morgan fingerprint density at radius 1 is 0.667 bits per heavy atom. The van der Waals surface area contributed by atoms with E-state index in [1.807, 2.05) is 0 Å². The molecular weight excluding hydrogens is 532 g/mol. The van der Waals surface area contributed by atoms with Gasteiger partial charge in [-0.15, -0.1) is 0 Å². The molecule has 226 valence electrons. The van der Waals surface area contributed by atoms with Crippen molar-refractivity contribution in [1.29, 1.82) is 0 Å². The number of rotatable bonds is 8. The van der Waals surface area contributed by atoms with E-state index in [4.69, 9.17) is 23.7 Å². The van der Waals surface area contributed by atoms with Gasteiger partial charge in [-0.2, -0.15) is 0 Å². The van der Waals surface area contributed by atoms with Gasteiger partial charge in [0.25, 0.3) is 0 Å². The van der Waals surface area contributed by atoms with E-state index in [2.05, 4.69) is 10.6 Å². The van der Waals surface area contributed by atoms with Gasteiger partial charge in [0, 0.05) is 13.8 Å². The fourth-order valence-corrected chi connectivity index (χ4v) is 4.80. The monoisotopic (exact) mass is 570 g/mol. The molecule has 0 aromatic rings. The molecule has 0 bridgehead atoms. The molecule has 0 spiro atoms. The summed E-state index contributed by atoms with van der Waals surface area (Å²) >= 11 is 0. The summed E-state index contributed by atoms with van der Waals surface area (Å²) in [6.07, 6.45) is -20.0. The average molecular weight is 571 g/mol. The topological polar surface area (TPSA) is 266 Å². The first-order chi connectivity index (χ1) is 18.3. The van der Waals surface area contributed by atoms with Crippen LogP contribution in [0.15, 0.2) is 0 Å². The Morgan fingerprint density at radius 3 is 1.79 bits per heavy atom. The normalized spacial score (nSPS) is 46.9. The lowest BCUT2D eigenvalue weighted by atomic mass is 9.94. The molecule has 17 nitrogen and oxygen atoms in total. The number of aliphatic hydroxyl groups excluding tert-OH is 8. The van der Waals surface area contributed by atoms with Crippen LogP contribution in [0.5, 0.6) is 0 Å². The number of hydrogen-bond acceptors (Lipinski definition) is 15. The predicted octanol–water partition coefficient (Wildman–Crippen LogP) is -6.26. The Bertz CT molecular complexity index is 837. The molecule has 2 amide bonds. The summed E-state index contributed by atoms with van der Waals surface area (Å²) in [5.41, 5.74) is 0. The van der Waals surface area contributed by atoms with E-state index in [0.717, 1.165) is 13.8 Å². The summed E-state index contributed by atoms with van der Waals surface area (Å²) in [7, 11) is 0. The first-order valence-electron chi connectivity index (χ1n) is 12.4. The molecule has 0 saturated carbocycles. The first kappa shape index (κ1) is 31.9. The van der Waals surface area contributed by atoms with Gasteiger partial charge in [-0.1, -0.05) is 0 Å². The highest BCUT2D eigenvalue weighted by Gasteiger charge is 2.54. The van der Waals surface area contributed by atoms with Crippen LogP contribution in [0.25, 0.3) is 0 Å². The van der Waals surface area contributed by atoms with Gasteiger partial charge in [0.05, 0.1) is 19.3 Å². The maximum atomic E-state index is 12.0. The highest BCUT2D eigenvalue weighted by molar-refractivity contribution is 5.73. The molecule has 10 N–H and O–H groups in total. The van der Waals surface area contributed by atoms with Crippen molar-refractivity contribution in [2.24, 2.45) is 0 Å². The molecule has 17 heteroatoms. The summed E-state index contributed by atoms with van der Waals surface area (Å²) in [5, 5.41) is 86.7. The third-order valence-electron chi connectivity index (χ3n) is 6.86. The predicted molar refractivity (Wildman–Crippen MR) is 123 cm³/mol. The van der Waals surface area contributed by atoms with Gasteiger partial charge in [0.2, 0.25) is 11.8 Å². The Morgan fingerprint density at radius 2 is 1.23 bits per heavy atom. The van der Waals surface area contributed by atoms with Crippen molar-refractivity contribution in [2.45, 2.75) is 113 Å². The van der Waals surface area contributed by atoms with Crippen LogP contribution in [0.1, 0.15) is 20.8 Å². The van der Waals surface area contributed by atoms with Gasteiger partial charge in [-0.25, -0.2) is 0 Å². The fourth-order valence-electron chi connectivity index (χ4n) is 4.80. The van der Waals surface area contributed by atoms with E-state index in [1.165, 1.54) is 6.92 Å². The second-order valence-electron chi connectivity index (χ2n) is 9.79. The lowest BCUT2D eigenvalue weighted by Crippen LogP contribution is -2.70. The molecule has 3 rings (SSSR count). The first-order valence-corrected chi connectivity index (χ1v) is 12.4. The number of aliphatic hydroxyl groups is 8. The van der Waals surface area contributed by atoms with Crippen LogP contribution < -0.4 is 10.6 Å². The van der Waals surface area contributed by atoms with E-state index < -0.39 is 117 Å². The quantitative estimate of drug-likeness (QED) is 0.130. The van der Waals surface area contributed by atoms with Crippen LogP contribution in [0.3, 0.4) is 0 Å². The molecule has 0 aromatic carbocycles. The van der Waals surface area contributed by atoms with Crippen molar-refractivity contribution in [1.82, 2.24) is 10.6 Å². The second-order valence-corrected chi connectivity index (χ2v) is 9.79. The van der Waals surface area contributed by atoms with Crippen molar-refractivity contribution in [3.05, 3.63) is 0 Å². The Balaban J connectivity index is 1.98. The van der Waals surface area contributed by atoms with Crippen LogP contribution in [-0.4, -0.2) is 158 Å². The van der Waals surface area contributed by atoms with Gasteiger partial charge >= 0.3 is 0 Å². The van der Waals surface area contributed by atoms with Crippen molar-refractivity contribution in [3.8, 4) is 0 Å². The van der Waals surface area contributed by atoms with Gasteiger partial charge in [-0.05, 0) is 6.92 Å². The molecule has 0 aliphatic carbocycles. The highest BCUT2D eigenvalue weighted by atomic mass is 16.7. The molecule has 3 aliphatic rings. The zero-order chi connectivity index (χ0) is 29.2. The molecule has 3 aliphatic heterocycles. The largest absolute Gasteiger partial charge is 0.394 e. The van der Waals surface area contributed by atoms with E-state index in [1.54, 1.807) is 0 Å².